The molecule has 0 spiro atoms. The zero-order valence-electron chi connectivity index (χ0n) is 15.3. The molecule has 0 aliphatic rings. The highest BCUT2D eigenvalue weighted by Crippen LogP contribution is 2.28. The van der Waals surface area contributed by atoms with Crippen LogP contribution in [0.25, 0.3) is 11.0 Å². The van der Waals surface area contributed by atoms with Gasteiger partial charge in [0.15, 0.2) is 5.78 Å². The summed E-state index contributed by atoms with van der Waals surface area (Å²) >= 11 is 0. The summed E-state index contributed by atoms with van der Waals surface area (Å²) in [6.45, 7) is 3.02. The van der Waals surface area contributed by atoms with Gasteiger partial charge in [0.2, 0.25) is 0 Å². The SMILES string of the molecule is Cc1ccc(C)c(C(=O)Cn2c(=O)c3ccc(C(F)(F)F)nc3n(C)c2=O)c1. The van der Waals surface area contributed by atoms with Crippen molar-refractivity contribution < 1.29 is 18.0 Å². The normalized spacial score (nSPS) is 11.8. The molecule has 0 unspecified atom stereocenters. The number of pyridine rings is 1. The van der Waals surface area contributed by atoms with Crippen LogP contribution < -0.4 is 11.2 Å². The molecule has 0 aliphatic carbocycles. The Morgan fingerprint density at radius 1 is 1.11 bits per heavy atom. The van der Waals surface area contributed by atoms with E-state index < -0.39 is 35.4 Å². The average Bonchev–Trinajstić information content (AvgIpc) is 2.64. The van der Waals surface area contributed by atoms with E-state index in [1.165, 1.54) is 7.05 Å². The number of Topliss-reactive ketones (excluding diaryl/α,β-unsaturated/α-hetero) is 1. The number of aryl methyl sites for hydroxylation is 3. The molecular weight excluding hydrogens is 375 g/mol. The summed E-state index contributed by atoms with van der Waals surface area (Å²) in [5.74, 6) is -0.445. The van der Waals surface area contributed by atoms with E-state index in [0.717, 1.165) is 16.2 Å². The molecule has 0 fully saturated rings. The zero-order valence-corrected chi connectivity index (χ0v) is 15.3. The van der Waals surface area contributed by atoms with Gasteiger partial charge in [-0.05, 0) is 37.6 Å². The maximum Gasteiger partial charge on any atom is 0.433 e. The lowest BCUT2D eigenvalue weighted by Crippen LogP contribution is -2.41. The fourth-order valence-corrected chi connectivity index (χ4v) is 2.94. The number of benzene rings is 1. The van der Waals surface area contributed by atoms with Gasteiger partial charge in [-0.1, -0.05) is 17.7 Å². The van der Waals surface area contributed by atoms with Crippen molar-refractivity contribution in [2.75, 3.05) is 0 Å². The Bertz CT molecular complexity index is 1220. The third kappa shape index (κ3) is 3.35. The largest absolute Gasteiger partial charge is 0.433 e. The zero-order chi connectivity index (χ0) is 20.8. The summed E-state index contributed by atoms with van der Waals surface area (Å²) in [5, 5.41) is -0.177. The Hall–Kier alpha value is -3.23. The van der Waals surface area contributed by atoms with Crippen LogP contribution in [-0.4, -0.2) is 19.9 Å². The number of carbonyl (C=O) groups excluding carboxylic acids is 1. The van der Waals surface area contributed by atoms with E-state index in [1.54, 1.807) is 26.0 Å². The van der Waals surface area contributed by atoms with Crippen LogP contribution in [0.15, 0.2) is 39.9 Å². The van der Waals surface area contributed by atoms with Crippen molar-refractivity contribution in [3.05, 3.63) is 73.6 Å². The minimum atomic E-state index is -4.71. The van der Waals surface area contributed by atoms with Crippen molar-refractivity contribution in [3.8, 4) is 0 Å². The molecule has 2 heterocycles. The van der Waals surface area contributed by atoms with Crippen LogP contribution in [0.2, 0.25) is 0 Å². The van der Waals surface area contributed by atoms with E-state index in [-0.39, 0.29) is 11.0 Å². The van der Waals surface area contributed by atoms with Gasteiger partial charge in [-0.15, -0.1) is 0 Å². The second kappa shape index (κ2) is 6.74. The van der Waals surface area contributed by atoms with Crippen LogP contribution >= 0.6 is 0 Å². The molecule has 1 aromatic carbocycles. The van der Waals surface area contributed by atoms with Crippen molar-refractivity contribution in [2.45, 2.75) is 26.6 Å². The number of nitrogens with zero attached hydrogens (tertiary/aromatic N) is 3. The van der Waals surface area contributed by atoms with Crippen LogP contribution in [0.5, 0.6) is 0 Å². The predicted octanol–water partition coefficient (Wildman–Crippen LogP) is 2.61. The lowest BCUT2D eigenvalue weighted by molar-refractivity contribution is -0.141. The number of hydrogen-bond acceptors (Lipinski definition) is 4. The highest BCUT2D eigenvalue weighted by atomic mass is 19.4. The monoisotopic (exact) mass is 391 g/mol. The molecule has 2 aromatic heterocycles. The Labute approximate surface area is 156 Å². The van der Waals surface area contributed by atoms with Gasteiger partial charge in [0.05, 0.1) is 11.9 Å². The fraction of sp³-hybridized carbons (Fsp3) is 0.263. The van der Waals surface area contributed by atoms with Crippen LogP contribution in [0.4, 0.5) is 13.2 Å². The number of fused-ring (bicyclic) bond motifs is 1. The molecule has 6 nitrogen and oxygen atoms in total. The number of carbonyl (C=O) groups is 1. The highest BCUT2D eigenvalue weighted by Gasteiger charge is 2.33. The van der Waals surface area contributed by atoms with Crippen LogP contribution in [-0.2, 0) is 19.8 Å². The van der Waals surface area contributed by atoms with E-state index in [2.05, 4.69) is 4.98 Å². The maximum atomic E-state index is 12.9. The number of hydrogen-bond donors (Lipinski definition) is 0. The Kier molecular flexibility index (Phi) is 4.70. The number of alkyl halides is 3. The van der Waals surface area contributed by atoms with Crippen molar-refractivity contribution in [2.24, 2.45) is 7.05 Å². The van der Waals surface area contributed by atoms with Crippen LogP contribution in [0.1, 0.15) is 27.2 Å². The molecule has 0 saturated heterocycles. The second-order valence-corrected chi connectivity index (χ2v) is 6.54. The molecular formula is C19H16F3N3O3. The second-order valence-electron chi connectivity index (χ2n) is 6.54. The standard InChI is InChI=1S/C19H16F3N3O3/c1-10-4-5-11(2)13(8-10)14(26)9-25-17(27)12-6-7-15(19(20,21)22)23-16(12)24(3)18(25)28/h4-8H,9H2,1-3H3. The third-order valence-electron chi connectivity index (χ3n) is 4.47. The molecule has 0 saturated carbocycles. The molecule has 0 bridgehead atoms. The molecule has 0 amide bonds. The summed E-state index contributed by atoms with van der Waals surface area (Å²) in [6.07, 6.45) is -4.71. The topological polar surface area (TPSA) is 74.0 Å². The molecule has 0 N–H and O–H groups in total. The predicted molar refractivity (Wildman–Crippen MR) is 96.5 cm³/mol. The molecule has 146 valence electrons. The average molecular weight is 391 g/mol. The Balaban J connectivity index is 2.15. The van der Waals surface area contributed by atoms with Gasteiger partial charge in [-0.25, -0.2) is 9.78 Å². The van der Waals surface area contributed by atoms with Crippen molar-refractivity contribution in [3.63, 3.8) is 0 Å². The highest BCUT2D eigenvalue weighted by molar-refractivity contribution is 5.97. The molecule has 3 aromatic rings. The number of halogens is 3. The van der Waals surface area contributed by atoms with Gasteiger partial charge in [-0.3, -0.25) is 18.7 Å². The first-order valence-electron chi connectivity index (χ1n) is 8.29. The number of aromatic nitrogens is 3. The molecule has 9 heteroatoms. The lowest BCUT2D eigenvalue weighted by atomic mass is 10.0. The van der Waals surface area contributed by atoms with Gasteiger partial charge in [-0.2, -0.15) is 13.2 Å². The summed E-state index contributed by atoms with van der Waals surface area (Å²) < 4.78 is 40.2. The molecule has 0 radical (unpaired) electrons. The summed E-state index contributed by atoms with van der Waals surface area (Å²) in [5.41, 5.74) is -1.46. The minimum Gasteiger partial charge on any atom is -0.292 e. The van der Waals surface area contributed by atoms with E-state index in [0.29, 0.717) is 21.8 Å². The molecule has 0 atom stereocenters. The van der Waals surface area contributed by atoms with Crippen LogP contribution in [0.3, 0.4) is 0 Å². The number of ketones is 1. The van der Waals surface area contributed by atoms with Gasteiger partial charge in [0.1, 0.15) is 11.3 Å². The van der Waals surface area contributed by atoms with Gasteiger partial charge < -0.3 is 0 Å². The van der Waals surface area contributed by atoms with Crippen LogP contribution in [0, 0.1) is 13.8 Å². The maximum absolute atomic E-state index is 12.9. The Morgan fingerprint density at radius 2 is 1.79 bits per heavy atom. The van der Waals surface area contributed by atoms with Crippen molar-refractivity contribution in [1.82, 2.24) is 14.1 Å². The molecule has 0 aliphatic heterocycles. The minimum absolute atomic E-state index is 0.177. The van der Waals surface area contributed by atoms with Gasteiger partial charge >= 0.3 is 11.9 Å². The van der Waals surface area contributed by atoms with E-state index in [1.807, 2.05) is 6.07 Å². The van der Waals surface area contributed by atoms with Crippen molar-refractivity contribution in [1.29, 1.82) is 0 Å². The van der Waals surface area contributed by atoms with Crippen molar-refractivity contribution >= 4 is 16.8 Å². The quantitative estimate of drug-likeness (QED) is 0.644. The summed E-state index contributed by atoms with van der Waals surface area (Å²) in [7, 11) is 1.20. The summed E-state index contributed by atoms with van der Waals surface area (Å²) in [6, 6.07) is 6.88. The third-order valence-corrected chi connectivity index (χ3v) is 4.47. The first-order chi connectivity index (χ1) is 13.0. The van der Waals surface area contributed by atoms with E-state index >= 15 is 0 Å². The number of rotatable bonds is 3. The first-order valence-corrected chi connectivity index (χ1v) is 8.29. The molecule has 28 heavy (non-hydrogen) atoms. The smallest absolute Gasteiger partial charge is 0.292 e. The van der Waals surface area contributed by atoms with E-state index in [4.69, 9.17) is 0 Å². The van der Waals surface area contributed by atoms with Gasteiger partial charge in [0, 0.05) is 12.6 Å². The van der Waals surface area contributed by atoms with E-state index in [9.17, 15) is 27.6 Å². The first kappa shape index (κ1) is 19.5. The molecule has 3 rings (SSSR count). The fourth-order valence-electron chi connectivity index (χ4n) is 2.94. The lowest BCUT2D eigenvalue weighted by Gasteiger charge is -2.12. The Morgan fingerprint density at radius 3 is 2.43 bits per heavy atom. The van der Waals surface area contributed by atoms with Gasteiger partial charge in [0.25, 0.3) is 5.56 Å². The summed E-state index contributed by atoms with van der Waals surface area (Å²) in [4.78, 5) is 41.3.